The van der Waals surface area contributed by atoms with Crippen LogP contribution in [-0.2, 0) is 4.79 Å². The maximum atomic E-state index is 8.89. The number of hydrogen-bond acceptors (Lipinski definition) is 2. The van der Waals surface area contributed by atoms with E-state index in [1.54, 1.807) is 0 Å². The van der Waals surface area contributed by atoms with Crippen LogP contribution >= 0.6 is 0 Å². The molecule has 0 aromatic heterocycles. The van der Waals surface area contributed by atoms with Gasteiger partial charge < -0.3 is 5.73 Å². The van der Waals surface area contributed by atoms with Crippen molar-refractivity contribution < 1.29 is 0 Å². The summed E-state index contributed by atoms with van der Waals surface area (Å²) in [6.45, 7) is 14.0. The first kappa shape index (κ1) is 15.2. The van der Waals surface area contributed by atoms with Crippen LogP contribution in [0.15, 0.2) is 24.3 Å². The van der Waals surface area contributed by atoms with Crippen LogP contribution < -0.4 is 5.73 Å². The summed E-state index contributed by atoms with van der Waals surface area (Å²) in [4.78, 5) is -0.173. The van der Waals surface area contributed by atoms with E-state index in [2.05, 4.69) is 57.5 Å². The summed E-state index contributed by atoms with van der Waals surface area (Å²) in [6, 6.07) is 10.0. The van der Waals surface area contributed by atoms with Gasteiger partial charge in [-0.05, 0) is 17.7 Å². The molecule has 0 bridgehead atoms. The van der Waals surface area contributed by atoms with Crippen LogP contribution in [0.5, 0.6) is 0 Å². The van der Waals surface area contributed by atoms with E-state index < -0.39 is 16.1 Å². The van der Waals surface area contributed by atoms with Gasteiger partial charge in [0.1, 0.15) is 0 Å². The van der Waals surface area contributed by atoms with E-state index in [0.29, 0.717) is 5.56 Å². The smallest absolute Gasteiger partial charge is 0.0991 e. The molecule has 0 heterocycles. The molecule has 0 spiro atoms. The highest BCUT2D eigenvalue weighted by Crippen LogP contribution is 2.37. The fourth-order valence-electron chi connectivity index (χ4n) is 2.80. The molecule has 2 N–H and O–H groups in total. The normalized spacial score (nSPS) is 13.2. The zero-order chi connectivity index (χ0) is 14.2. The third kappa shape index (κ3) is 2.44. The molecule has 0 atom stereocenters. The molecule has 0 amide bonds. The molecular formula is C14H24N2Si2. The van der Waals surface area contributed by atoms with Crippen molar-refractivity contribution in [1.82, 2.24) is 0 Å². The lowest BCUT2D eigenvalue weighted by Crippen LogP contribution is -2.69. The first-order valence-electron chi connectivity index (χ1n) is 6.33. The van der Waals surface area contributed by atoms with E-state index in [4.69, 9.17) is 11.0 Å². The van der Waals surface area contributed by atoms with E-state index in [0.717, 1.165) is 0 Å². The first-order chi connectivity index (χ1) is 8.04. The molecule has 98 valence electrons. The Labute approximate surface area is 113 Å². The molecule has 0 saturated carbocycles. The zero-order valence-corrected chi connectivity index (χ0v) is 14.3. The van der Waals surface area contributed by atoms with Crippen LogP contribution in [-0.4, -0.2) is 16.1 Å². The predicted octanol–water partition coefficient (Wildman–Crippen LogP) is 3.47. The molecule has 2 nitrogen and oxygen atoms in total. The summed E-state index contributed by atoms with van der Waals surface area (Å²) in [7, 11) is -3.12. The Bertz CT molecular complexity index is 445. The summed E-state index contributed by atoms with van der Waals surface area (Å²) >= 11 is 0. The van der Waals surface area contributed by atoms with Crippen molar-refractivity contribution in [2.75, 3.05) is 0 Å². The molecule has 0 fully saturated rings. The number of hydrogen-bond donors (Lipinski definition) is 1. The summed E-state index contributed by atoms with van der Waals surface area (Å²) < 4.78 is 0. The van der Waals surface area contributed by atoms with Crippen molar-refractivity contribution in [1.29, 1.82) is 5.26 Å². The van der Waals surface area contributed by atoms with Gasteiger partial charge in [0.15, 0.2) is 0 Å². The molecular weight excluding hydrogens is 252 g/mol. The van der Waals surface area contributed by atoms with Gasteiger partial charge in [0, 0.05) is 4.79 Å². The van der Waals surface area contributed by atoms with Crippen LogP contribution in [0.2, 0.25) is 39.3 Å². The molecule has 0 aliphatic carbocycles. The molecule has 18 heavy (non-hydrogen) atoms. The third-order valence-electron chi connectivity index (χ3n) is 3.84. The van der Waals surface area contributed by atoms with Crippen molar-refractivity contribution in [3.63, 3.8) is 0 Å². The van der Waals surface area contributed by atoms with Gasteiger partial charge in [0.25, 0.3) is 0 Å². The topological polar surface area (TPSA) is 49.8 Å². The van der Waals surface area contributed by atoms with Crippen molar-refractivity contribution in [2.45, 2.75) is 44.1 Å². The summed E-state index contributed by atoms with van der Waals surface area (Å²) in [5.74, 6) is 0. The fourth-order valence-corrected chi connectivity index (χ4v) is 13.9. The molecule has 0 aliphatic heterocycles. The minimum atomic E-state index is -1.56. The Morgan fingerprint density at radius 2 is 1.33 bits per heavy atom. The molecule has 0 aliphatic rings. The fraction of sp³-hybridized carbons (Fsp3) is 0.500. The third-order valence-corrected chi connectivity index (χ3v) is 13.6. The van der Waals surface area contributed by atoms with Crippen molar-refractivity contribution in [3.8, 4) is 6.07 Å². The molecule has 1 aromatic rings. The van der Waals surface area contributed by atoms with E-state index in [1.165, 1.54) is 5.56 Å². The summed E-state index contributed by atoms with van der Waals surface area (Å²) in [6.07, 6.45) is 0. The van der Waals surface area contributed by atoms with Crippen molar-refractivity contribution in [3.05, 3.63) is 35.4 Å². The van der Waals surface area contributed by atoms with Gasteiger partial charge in [0.2, 0.25) is 0 Å². The van der Waals surface area contributed by atoms with Gasteiger partial charge in [0.05, 0.1) is 27.8 Å². The second-order valence-electron chi connectivity index (χ2n) is 7.00. The highest BCUT2D eigenvalue weighted by molar-refractivity contribution is 6.98. The SMILES string of the molecule is C[Si](C)(C)C(N)(c1ccc(C#N)cc1)[Si](C)(C)C. The van der Waals surface area contributed by atoms with E-state index in [1.807, 2.05) is 12.1 Å². The van der Waals surface area contributed by atoms with Crippen LogP contribution in [0.1, 0.15) is 11.1 Å². The van der Waals surface area contributed by atoms with Crippen molar-refractivity contribution >= 4 is 16.1 Å². The number of rotatable bonds is 3. The lowest BCUT2D eigenvalue weighted by molar-refractivity contribution is 0.813. The molecule has 0 radical (unpaired) electrons. The molecule has 0 saturated heterocycles. The first-order valence-corrected chi connectivity index (χ1v) is 13.3. The maximum Gasteiger partial charge on any atom is 0.0991 e. The minimum absolute atomic E-state index is 0.173. The standard InChI is InChI=1S/C14H24N2Si2/c1-17(2,3)14(16,18(4,5)6)13-9-7-12(11-15)8-10-13/h7-10H,16H2,1-6H3. The largest absolute Gasteiger partial charge is 0.326 e. The molecule has 1 rings (SSSR count). The van der Waals surface area contributed by atoms with Gasteiger partial charge in [-0.3, -0.25) is 0 Å². The number of nitriles is 1. The number of nitrogens with two attached hydrogens (primary N) is 1. The van der Waals surface area contributed by atoms with E-state index >= 15 is 0 Å². The maximum absolute atomic E-state index is 8.89. The number of benzene rings is 1. The minimum Gasteiger partial charge on any atom is -0.326 e. The van der Waals surface area contributed by atoms with Crippen LogP contribution in [0.3, 0.4) is 0 Å². The monoisotopic (exact) mass is 276 g/mol. The Hall–Kier alpha value is -0.896. The Morgan fingerprint density at radius 3 is 1.61 bits per heavy atom. The Kier molecular flexibility index (Phi) is 3.92. The average molecular weight is 277 g/mol. The van der Waals surface area contributed by atoms with E-state index in [-0.39, 0.29) is 4.79 Å². The van der Waals surface area contributed by atoms with Gasteiger partial charge in [-0.1, -0.05) is 51.4 Å². The Balaban J connectivity index is 3.42. The van der Waals surface area contributed by atoms with Gasteiger partial charge >= 0.3 is 0 Å². The predicted molar refractivity (Wildman–Crippen MR) is 83.7 cm³/mol. The zero-order valence-electron chi connectivity index (χ0n) is 12.3. The van der Waals surface area contributed by atoms with Gasteiger partial charge in [-0.2, -0.15) is 5.26 Å². The highest BCUT2D eigenvalue weighted by Gasteiger charge is 2.50. The van der Waals surface area contributed by atoms with Gasteiger partial charge in [-0.25, -0.2) is 0 Å². The lowest BCUT2D eigenvalue weighted by Gasteiger charge is -2.49. The van der Waals surface area contributed by atoms with E-state index in [9.17, 15) is 0 Å². The molecule has 0 unspecified atom stereocenters. The summed E-state index contributed by atoms with van der Waals surface area (Å²) in [5, 5.41) is 8.89. The number of nitrogens with zero attached hydrogens (tertiary/aromatic N) is 1. The summed E-state index contributed by atoms with van der Waals surface area (Å²) in [5.41, 5.74) is 8.81. The van der Waals surface area contributed by atoms with Crippen LogP contribution in [0.4, 0.5) is 0 Å². The van der Waals surface area contributed by atoms with Crippen LogP contribution in [0.25, 0.3) is 0 Å². The van der Waals surface area contributed by atoms with Crippen molar-refractivity contribution in [2.24, 2.45) is 5.73 Å². The second-order valence-corrected chi connectivity index (χ2v) is 18.1. The lowest BCUT2D eigenvalue weighted by atomic mass is 10.1. The molecule has 1 aromatic carbocycles. The average Bonchev–Trinajstić information content (AvgIpc) is 2.25. The Morgan fingerprint density at radius 1 is 0.944 bits per heavy atom. The second kappa shape index (κ2) is 4.65. The highest BCUT2D eigenvalue weighted by atomic mass is 28.4. The molecule has 4 heteroatoms. The van der Waals surface area contributed by atoms with Gasteiger partial charge in [-0.15, -0.1) is 0 Å². The van der Waals surface area contributed by atoms with Crippen LogP contribution in [0, 0.1) is 11.3 Å². The quantitative estimate of drug-likeness (QED) is 0.859.